The summed E-state index contributed by atoms with van der Waals surface area (Å²) in [5.41, 5.74) is 0. The molecule has 102 valence electrons. The maximum atomic E-state index is 5.31. The van der Waals surface area contributed by atoms with Gasteiger partial charge in [-0.1, -0.05) is 0 Å². The fraction of sp³-hybridized carbons (Fsp3) is 0.833. The zero-order chi connectivity index (χ0) is 13.0. The maximum absolute atomic E-state index is 5.31. The Bertz CT molecular complexity index is 357. The number of rotatable bonds is 5. The van der Waals surface area contributed by atoms with E-state index < -0.39 is 0 Å². The molecule has 0 spiro atoms. The molecule has 1 aromatic rings. The first kappa shape index (κ1) is 13.3. The first-order valence-corrected chi connectivity index (χ1v) is 6.69. The Labute approximate surface area is 108 Å². The lowest BCUT2D eigenvalue weighted by Gasteiger charge is -2.35. The second kappa shape index (κ2) is 6.15. The van der Waals surface area contributed by atoms with Crippen molar-refractivity contribution in [2.45, 2.75) is 39.3 Å². The molecule has 1 aromatic heterocycles. The molecule has 0 aromatic carbocycles. The van der Waals surface area contributed by atoms with E-state index >= 15 is 0 Å². The molecule has 2 heterocycles. The molecule has 0 radical (unpaired) electrons. The van der Waals surface area contributed by atoms with E-state index in [0.717, 1.165) is 37.9 Å². The Kier molecular flexibility index (Phi) is 4.54. The van der Waals surface area contributed by atoms with Crippen LogP contribution in [-0.2, 0) is 11.2 Å². The van der Waals surface area contributed by atoms with Crippen molar-refractivity contribution in [2.75, 3.05) is 31.2 Å². The van der Waals surface area contributed by atoms with Gasteiger partial charge in [0.1, 0.15) is 5.82 Å². The lowest BCUT2D eigenvalue weighted by molar-refractivity contribution is 0.149. The number of ether oxygens (including phenoxy) is 1. The molecule has 2 atom stereocenters. The standard InChI is InChI=1S/C12H23N5O/c1-4-18-6-5-11-14-12(16-15-11)17-7-9(2)13-10(3)8-17/h9-10,13H,4-8H2,1-3H3,(H,14,15,16). The van der Waals surface area contributed by atoms with Crippen LogP contribution in [0, 0.1) is 0 Å². The van der Waals surface area contributed by atoms with Gasteiger partial charge in [-0.25, -0.2) is 0 Å². The molecule has 1 aliphatic heterocycles. The largest absolute Gasteiger partial charge is 0.381 e. The monoisotopic (exact) mass is 253 g/mol. The van der Waals surface area contributed by atoms with Crippen LogP contribution < -0.4 is 10.2 Å². The summed E-state index contributed by atoms with van der Waals surface area (Å²) in [6, 6.07) is 0.943. The minimum atomic E-state index is 0.471. The van der Waals surface area contributed by atoms with Gasteiger partial charge in [0.25, 0.3) is 0 Å². The van der Waals surface area contributed by atoms with Crippen LogP contribution in [0.25, 0.3) is 0 Å². The molecule has 0 amide bonds. The highest BCUT2D eigenvalue weighted by molar-refractivity contribution is 5.30. The number of aromatic amines is 1. The van der Waals surface area contributed by atoms with E-state index in [2.05, 4.69) is 39.2 Å². The second-order valence-corrected chi connectivity index (χ2v) is 4.90. The third kappa shape index (κ3) is 3.43. The molecule has 18 heavy (non-hydrogen) atoms. The number of nitrogens with zero attached hydrogens (tertiary/aromatic N) is 3. The van der Waals surface area contributed by atoms with Crippen molar-refractivity contribution in [2.24, 2.45) is 0 Å². The van der Waals surface area contributed by atoms with Crippen LogP contribution >= 0.6 is 0 Å². The maximum Gasteiger partial charge on any atom is 0.244 e. The molecule has 2 unspecified atom stereocenters. The van der Waals surface area contributed by atoms with Crippen LogP contribution in [0.1, 0.15) is 26.6 Å². The van der Waals surface area contributed by atoms with Gasteiger partial charge >= 0.3 is 0 Å². The minimum absolute atomic E-state index is 0.471. The van der Waals surface area contributed by atoms with Crippen molar-refractivity contribution < 1.29 is 4.74 Å². The zero-order valence-electron chi connectivity index (χ0n) is 11.4. The van der Waals surface area contributed by atoms with Crippen molar-refractivity contribution >= 4 is 5.95 Å². The van der Waals surface area contributed by atoms with Gasteiger partial charge in [-0.05, 0) is 20.8 Å². The molecule has 0 aliphatic carbocycles. The zero-order valence-corrected chi connectivity index (χ0v) is 11.4. The Morgan fingerprint density at radius 1 is 1.33 bits per heavy atom. The van der Waals surface area contributed by atoms with Crippen molar-refractivity contribution in [1.29, 1.82) is 0 Å². The van der Waals surface area contributed by atoms with E-state index in [9.17, 15) is 0 Å². The lowest BCUT2D eigenvalue weighted by atomic mass is 10.1. The van der Waals surface area contributed by atoms with E-state index in [1.54, 1.807) is 0 Å². The number of anilines is 1. The molecule has 0 bridgehead atoms. The molecule has 2 N–H and O–H groups in total. The van der Waals surface area contributed by atoms with Gasteiger partial charge in [-0.15, -0.1) is 5.10 Å². The summed E-state index contributed by atoms with van der Waals surface area (Å²) in [5, 5.41) is 10.8. The van der Waals surface area contributed by atoms with Crippen LogP contribution in [0.15, 0.2) is 0 Å². The normalized spacial score (nSPS) is 24.5. The summed E-state index contributed by atoms with van der Waals surface area (Å²) in [6.45, 7) is 9.71. The molecule has 1 saturated heterocycles. The van der Waals surface area contributed by atoms with Gasteiger partial charge in [-0.2, -0.15) is 4.98 Å². The molecule has 2 rings (SSSR count). The first-order chi connectivity index (χ1) is 8.69. The van der Waals surface area contributed by atoms with E-state index in [1.807, 2.05) is 6.92 Å². The number of piperazine rings is 1. The Hall–Kier alpha value is -1.14. The molecule has 6 nitrogen and oxygen atoms in total. The highest BCUT2D eigenvalue weighted by Crippen LogP contribution is 2.12. The lowest BCUT2D eigenvalue weighted by Crippen LogP contribution is -2.54. The Morgan fingerprint density at radius 2 is 2.06 bits per heavy atom. The van der Waals surface area contributed by atoms with E-state index in [-0.39, 0.29) is 0 Å². The summed E-state index contributed by atoms with van der Waals surface area (Å²) in [5.74, 6) is 1.71. The summed E-state index contributed by atoms with van der Waals surface area (Å²) in [4.78, 5) is 6.75. The van der Waals surface area contributed by atoms with Crippen LogP contribution in [-0.4, -0.2) is 53.6 Å². The van der Waals surface area contributed by atoms with Crippen molar-refractivity contribution in [1.82, 2.24) is 20.5 Å². The summed E-state index contributed by atoms with van der Waals surface area (Å²) in [7, 11) is 0. The first-order valence-electron chi connectivity index (χ1n) is 6.69. The van der Waals surface area contributed by atoms with Crippen molar-refractivity contribution in [3.8, 4) is 0 Å². The van der Waals surface area contributed by atoms with Crippen molar-refractivity contribution in [3.05, 3.63) is 5.82 Å². The topological polar surface area (TPSA) is 66.1 Å². The van der Waals surface area contributed by atoms with Gasteiger partial charge < -0.3 is 15.0 Å². The van der Waals surface area contributed by atoms with Crippen LogP contribution in [0.3, 0.4) is 0 Å². The molecular weight excluding hydrogens is 230 g/mol. The molecule has 1 aliphatic rings. The number of hydrogen-bond acceptors (Lipinski definition) is 5. The van der Waals surface area contributed by atoms with E-state index in [1.165, 1.54) is 0 Å². The summed E-state index contributed by atoms with van der Waals surface area (Å²) >= 11 is 0. The van der Waals surface area contributed by atoms with E-state index in [4.69, 9.17) is 4.74 Å². The average molecular weight is 253 g/mol. The SMILES string of the molecule is CCOCCc1nc(N2CC(C)NC(C)C2)n[nH]1. The second-order valence-electron chi connectivity index (χ2n) is 4.90. The number of H-pyrrole nitrogens is 1. The van der Waals surface area contributed by atoms with Gasteiger partial charge in [0.15, 0.2) is 0 Å². The Balaban J connectivity index is 1.92. The van der Waals surface area contributed by atoms with Gasteiger partial charge in [0.05, 0.1) is 6.61 Å². The average Bonchev–Trinajstić information content (AvgIpc) is 2.77. The number of hydrogen-bond donors (Lipinski definition) is 2. The smallest absolute Gasteiger partial charge is 0.244 e. The quantitative estimate of drug-likeness (QED) is 0.751. The third-order valence-corrected chi connectivity index (χ3v) is 3.05. The highest BCUT2D eigenvalue weighted by Gasteiger charge is 2.23. The predicted octanol–water partition coefficient (Wildman–Crippen LogP) is 0.570. The minimum Gasteiger partial charge on any atom is -0.381 e. The summed E-state index contributed by atoms with van der Waals surface area (Å²) < 4.78 is 5.31. The third-order valence-electron chi connectivity index (χ3n) is 3.05. The molecule has 0 saturated carbocycles. The van der Waals surface area contributed by atoms with E-state index in [0.29, 0.717) is 18.7 Å². The predicted molar refractivity (Wildman–Crippen MR) is 70.9 cm³/mol. The van der Waals surface area contributed by atoms with Crippen molar-refractivity contribution in [3.63, 3.8) is 0 Å². The molecule has 6 heteroatoms. The molecular formula is C12H23N5O. The highest BCUT2D eigenvalue weighted by atomic mass is 16.5. The Morgan fingerprint density at radius 3 is 2.72 bits per heavy atom. The number of nitrogens with one attached hydrogen (secondary N) is 2. The van der Waals surface area contributed by atoms with Crippen LogP contribution in [0.5, 0.6) is 0 Å². The van der Waals surface area contributed by atoms with Gasteiger partial charge in [0, 0.05) is 38.2 Å². The van der Waals surface area contributed by atoms with Gasteiger partial charge in [0.2, 0.25) is 5.95 Å². The van der Waals surface area contributed by atoms with Crippen LogP contribution in [0.4, 0.5) is 5.95 Å². The molecule has 1 fully saturated rings. The van der Waals surface area contributed by atoms with Crippen LogP contribution in [0.2, 0.25) is 0 Å². The fourth-order valence-corrected chi connectivity index (χ4v) is 2.34. The summed E-state index contributed by atoms with van der Waals surface area (Å²) in [6.07, 6.45) is 0.790. The van der Waals surface area contributed by atoms with Gasteiger partial charge in [-0.3, -0.25) is 5.10 Å². The fourth-order valence-electron chi connectivity index (χ4n) is 2.34. The number of aromatic nitrogens is 3.